The third kappa shape index (κ3) is 3.22. The molecule has 21 heavy (non-hydrogen) atoms. The molecule has 118 valence electrons. The van der Waals surface area contributed by atoms with E-state index in [-0.39, 0.29) is 18.7 Å². The van der Waals surface area contributed by atoms with E-state index in [1.54, 1.807) is 6.92 Å². The second-order valence-electron chi connectivity index (χ2n) is 4.96. The van der Waals surface area contributed by atoms with Crippen LogP contribution in [0.5, 0.6) is 0 Å². The number of hydrogen-bond donors (Lipinski definition) is 1. The van der Waals surface area contributed by atoms with Crippen molar-refractivity contribution in [2.75, 3.05) is 19.6 Å². The predicted octanol–water partition coefficient (Wildman–Crippen LogP) is 1.87. The first-order valence-electron chi connectivity index (χ1n) is 6.75. The molecule has 1 aromatic rings. The Morgan fingerprint density at radius 2 is 1.90 bits per heavy atom. The lowest BCUT2D eigenvalue weighted by Crippen LogP contribution is -2.42. The lowest BCUT2D eigenvalue weighted by molar-refractivity contribution is 0.332. The number of halogens is 3. The fourth-order valence-electron chi connectivity index (χ4n) is 2.43. The van der Waals surface area contributed by atoms with Gasteiger partial charge in [0.15, 0.2) is 11.6 Å². The molecule has 0 saturated carbocycles. The molecule has 0 amide bonds. The lowest BCUT2D eigenvalue weighted by Gasteiger charge is -2.27. The molecule has 0 bridgehead atoms. The molecule has 1 aliphatic rings. The van der Waals surface area contributed by atoms with Crippen molar-refractivity contribution in [1.29, 1.82) is 0 Å². The van der Waals surface area contributed by atoms with Crippen LogP contribution in [0, 0.1) is 17.5 Å². The summed E-state index contributed by atoms with van der Waals surface area (Å²) < 4.78 is 66.3. The zero-order valence-electron chi connectivity index (χ0n) is 11.6. The number of nitrogens with one attached hydrogen (secondary N) is 1. The number of sulfonamides is 1. The number of benzene rings is 1. The summed E-state index contributed by atoms with van der Waals surface area (Å²) in [5.74, 6) is -4.06. The van der Waals surface area contributed by atoms with Gasteiger partial charge in [-0.1, -0.05) is 6.92 Å². The summed E-state index contributed by atoms with van der Waals surface area (Å²) in [6, 6.07) is 0.368. The Morgan fingerprint density at radius 1 is 1.24 bits per heavy atom. The lowest BCUT2D eigenvalue weighted by atomic mass is 10.2. The van der Waals surface area contributed by atoms with E-state index in [0.29, 0.717) is 32.0 Å². The largest absolute Gasteiger partial charge is 0.315 e. The molecule has 1 aliphatic heterocycles. The van der Waals surface area contributed by atoms with Crippen LogP contribution in [0.2, 0.25) is 0 Å². The number of hydrogen-bond acceptors (Lipinski definition) is 3. The topological polar surface area (TPSA) is 49.4 Å². The van der Waals surface area contributed by atoms with E-state index in [1.807, 2.05) is 0 Å². The van der Waals surface area contributed by atoms with Gasteiger partial charge in [0.2, 0.25) is 10.0 Å². The van der Waals surface area contributed by atoms with Gasteiger partial charge in [-0.3, -0.25) is 0 Å². The fourth-order valence-corrected chi connectivity index (χ4v) is 4.24. The minimum absolute atomic E-state index is 0.202. The molecule has 0 aliphatic carbocycles. The van der Waals surface area contributed by atoms with Crippen LogP contribution in [0.3, 0.4) is 0 Å². The van der Waals surface area contributed by atoms with Crippen LogP contribution in [-0.4, -0.2) is 38.4 Å². The van der Waals surface area contributed by atoms with Gasteiger partial charge in [0.05, 0.1) is 0 Å². The molecule has 1 unspecified atom stereocenters. The molecule has 0 spiro atoms. The van der Waals surface area contributed by atoms with Crippen LogP contribution in [0.15, 0.2) is 17.0 Å². The van der Waals surface area contributed by atoms with Gasteiger partial charge in [0, 0.05) is 25.2 Å². The van der Waals surface area contributed by atoms with E-state index in [2.05, 4.69) is 5.32 Å². The number of rotatable bonds is 5. The number of nitrogens with zero attached hydrogens (tertiary/aromatic N) is 1. The molecule has 0 radical (unpaired) electrons. The van der Waals surface area contributed by atoms with Crippen LogP contribution in [0.25, 0.3) is 0 Å². The van der Waals surface area contributed by atoms with E-state index < -0.39 is 32.4 Å². The summed E-state index contributed by atoms with van der Waals surface area (Å²) in [7, 11) is -4.20. The quantitative estimate of drug-likeness (QED) is 0.842. The summed E-state index contributed by atoms with van der Waals surface area (Å²) in [6.45, 7) is 3.13. The maximum absolute atomic E-state index is 13.8. The van der Waals surface area contributed by atoms with E-state index in [4.69, 9.17) is 0 Å². The van der Waals surface area contributed by atoms with Crippen molar-refractivity contribution < 1.29 is 21.6 Å². The van der Waals surface area contributed by atoms with Crippen LogP contribution in [-0.2, 0) is 10.0 Å². The smallest absolute Gasteiger partial charge is 0.246 e. The summed E-state index contributed by atoms with van der Waals surface area (Å²) in [6.07, 6.45) is 1.14. The Hall–Kier alpha value is -1.12. The first-order valence-corrected chi connectivity index (χ1v) is 8.19. The van der Waals surface area contributed by atoms with Crippen molar-refractivity contribution in [3.8, 4) is 0 Å². The van der Waals surface area contributed by atoms with Crippen LogP contribution in [0.4, 0.5) is 13.2 Å². The molecule has 8 heteroatoms. The minimum Gasteiger partial charge on any atom is -0.315 e. The third-order valence-corrected chi connectivity index (χ3v) is 5.41. The zero-order valence-corrected chi connectivity index (χ0v) is 12.4. The van der Waals surface area contributed by atoms with Crippen molar-refractivity contribution >= 4 is 10.0 Å². The van der Waals surface area contributed by atoms with Gasteiger partial charge in [0.25, 0.3) is 0 Å². The van der Waals surface area contributed by atoms with E-state index in [1.165, 1.54) is 4.31 Å². The molecule has 4 nitrogen and oxygen atoms in total. The molecule has 1 saturated heterocycles. The first-order chi connectivity index (χ1) is 9.87. The predicted molar refractivity (Wildman–Crippen MR) is 71.8 cm³/mol. The molecule has 0 aromatic heterocycles. The molecular weight excluding hydrogens is 305 g/mol. The van der Waals surface area contributed by atoms with Crippen LogP contribution in [0.1, 0.15) is 19.8 Å². The average Bonchev–Trinajstić information content (AvgIpc) is 2.93. The maximum Gasteiger partial charge on any atom is 0.246 e. The summed E-state index contributed by atoms with van der Waals surface area (Å²) in [5, 5.41) is 3.04. The molecule has 1 N–H and O–H groups in total. The van der Waals surface area contributed by atoms with Crippen molar-refractivity contribution in [1.82, 2.24) is 9.62 Å². The Kier molecular flexibility index (Phi) is 4.90. The molecule has 1 atom stereocenters. The Balaban J connectivity index is 2.45. The molecule has 1 heterocycles. The monoisotopic (exact) mass is 322 g/mol. The SMILES string of the molecule is CCCN(C1CCNC1)S(=O)(=O)c1cc(F)c(F)cc1F. The van der Waals surface area contributed by atoms with E-state index in [9.17, 15) is 21.6 Å². The van der Waals surface area contributed by atoms with Gasteiger partial charge >= 0.3 is 0 Å². The standard InChI is InChI=1S/C13H17F3N2O2S/c1-2-5-18(9-3-4-17-8-9)21(19,20)13-7-11(15)10(14)6-12(13)16/h6-7,9,17H,2-5,8H2,1H3. The van der Waals surface area contributed by atoms with Crippen LogP contribution < -0.4 is 5.32 Å². The highest BCUT2D eigenvalue weighted by Gasteiger charge is 2.35. The Labute approximate surface area is 122 Å². The molecule has 2 rings (SSSR count). The molecule has 1 aromatic carbocycles. The maximum atomic E-state index is 13.8. The third-order valence-electron chi connectivity index (χ3n) is 3.45. The van der Waals surface area contributed by atoms with Gasteiger partial charge in [-0.15, -0.1) is 0 Å². The average molecular weight is 322 g/mol. The molecule has 1 fully saturated rings. The molecular formula is C13H17F3N2O2S. The van der Waals surface area contributed by atoms with Gasteiger partial charge in [0.1, 0.15) is 10.7 Å². The highest BCUT2D eigenvalue weighted by Crippen LogP contribution is 2.25. The van der Waals surface area contributed by atoms with Crippen molar-refractivity contribution in [3.05, 3.63) is 29.6 Å². The van der Waals surface area contributed by atoms with Crippen LogP contribution >= 0.6 is 0 Å². The van der Waals surface area contributed by atoms with E-state index >= 15 is 0 Å². The van der Waals surface area contributed by atoms with Crippen molar-refractivity contribution in [2.24, 2.45) is 0 Å². The summed E-state index contributed by atoms with van der Waals surface area (Å²) in [5.41, 5.74) is 0. The summed E-state index contributed by atoms with van der Waals surface area (Å²) >= 11 is 0. The van der Waals surface area contributed by atoms with Crippen molar-refractivity contribution in [2.45, 2.75) is 30.7 Å². The highest BCUT2D eigenvalue weighted by atomic mass is 32.2. The van der Waals surface area contributed by atoms with Gasteiger partial charge in [-0.2, -0.15) is 4.31 Å². The summed E-state index contributed by atoms with van der Waals surface area (Å²) in [4.78, 5) is -0.818. The van der Waals surface area contributed by atoms with Gasteiger partial charge in [-0.05, 0) is 25.5 Å². The second-order valence-corrected chi connectivity index (χ2v) is 6.82. The first kappa shape index (κ1) is 16.3. The Morgan fingerprint density at radius 3 is 2.48 bits per heavy atom. The minimum atomic E-state index is -4.20. The van der Waals surface area contributed by atoms with E-state index in [0.717, 1.165) is 0 Å². The van der Waals surface area contributed by atoms with Gasteiger partial charge in [-0.25, -0.2) is 21.6 Å². The highest BCUT2D eigenvalue weighted by molar-refractivity contribution is 7.89. The van der Waals surface area contributed by atoms with Gasteiger partial charge < -0.3 is 5.32 Å². The normalized spacial score (nSPS) is 19.4. The fraction of sp³-hybridized carbons (Fsp3) is 0.538. The second kappa shape index (κ2) is 6.33. The zero-order chi connectivity index (χ0) is 15.6. The van der Waals surface area contributed by atoms with Crippen molar-refractivity contribution in [3.63, 3.8) is 0 Å². The Bertz CT molecular complexity index is 616.